The molecule has 5 rings (SSSR count). The Kier molecular flexibility index (Phi) is 8.56. The zero-order chi connectivity index (χ0) is 30.6. The highest BCUT2D eigenvalue weighted by Gasteiger charge is 2.26. The van der Waals surface area contributed by atoms with E-state index in [1.807, 2.05) is 56.0 Å². The number of fused-ring (bicyclic) bond motifs is 1. The summed E-state index contributed by atoms with van der Waals surface area (Å²) in [7, 11) is 0. The standard InChI is InChI=1S/C31H36N8O4/c1-20-23(9-6-10-24(20)22-8-5-7-21(15-22)16-34-30(40)43-31(2,3)4)17-32-29-33-18-27(39(41)42)28(37-29)38-13-11-25-26(12-14-38)36-19-35-25/h5-10,15,18-19H,11-14,16-17H2,1-4H3,(H,34,40)(H,35,36)(H,32,33,37). The number of nitro groups is 1. The van der Waals surface area contributed by atoms with Crippen LogP contribution in [0.25, 0.3) is 11.1 Å². The van der Waals surface area contributed by atoms with Gasteiger partial charge in [-0.2, -0.15) is 4.98 Å². The number of alkyl carbamates (subject to hydrolysis) is 1. The number of carbonyl (C=O) groups excluding carboxylic acids is 1. The minimum atomic E-state index is -0.559. The molecule has 2 aromatic heterocycles. The number of rotatable bonds is 8. The maximum Gasteiger partial charge on any atom is 0.407 e. The number of nitrogens with zero attached hydrogens (tertiary/aromatic N) is 5. The Morgan fingerprint density at radius 1 is 1.12 bits per heavy atom. The molecule has 4 aromatic rings. The molecule has 43 heavy (non-hydrogen) atoms. The molecule has 0 radical (unpaired) electrons. The summed E-state index contributed by atoms with van der Waals surface area (Å²) in [6, 6.07) is 14.1. The minimum absolute atomic E-state index is 0.122. The van der Waals surface area contributed by atoms with Gasteiger partial charge in [-0.1, -0.05) is 36.4 Å². The zero-order valence-corrected chi connectivity index (χ0v) is 24.8. The fourth-order valence-electron chi connectivity index (χ4n) is 5.10. The Labute approximate surface area is 250 Å². The first kappa shape index (κ1) is 29.5. The number of imidazole rings is 1. The monoisotopic (exact) mass is 584 g/mol. The molecule has 12 heteroatoms. The molecule has 0 unspecified atom stereocenters. The van der Waals surface area contributed by atoms with Crippen LogP contribution in [-0.4, -0.2) is 49.6 Å². The predicted octanol–water partition coefficient (Wildman–Crippen LogP) is 5.33. The molecule has 0 aliphatic carbocycles. The Morgan fingerprint density at radius 3 is 2.70 bits per heavy atom. The van der Waals surface area contributed by atoms with Crippen molar-refractivity contribution in [1.29, 1.82) is 0 Å². The number of aromatic amines is 1. The number of hydrogen-bond acceptors (Lipinski definition) is 9. The number of carbonyl (C=O) groups is 1. The van der Waals surface area contributed by atoms with E-state index in [1.165, 1.54) is 6.20 Å². The number of aromatic nitrogens is 4. The van der Waals surface area contributed by atoms with Gasteiger partial charge in [0.1, 0.15) is 11.8 Å². The van der Waals surface area contributed by atoms with Crippen molar-refractivity contribution in [2.75, 3.05) is 23.3 Å². The second-order valence-corrected chi connectivity index (χ2v) is 11.5. The van der Waals surface area contributed by atoms with Crippen LogP contribution in [0.4, 0.5) is 22.2 Å². The Morgan fingerprint density at radius 2 is 1.91 bits per heavy atom. The lowest BCUT2D eigenvalue weighted by molar-refractivity contribution is -0.384. The zero-order valence-electron chi connectivity index (χ0n) is 24.8. The molecule has 3 N–H and O–H groups in total. The molecule has 0 atom stereocenters. The number of benzene rings is 2. The van der Waals surface area contributed by atoms with Crippen LogP contribution in [0, 0.1) is 17.0 Å². The van der Waals surface area contributed by atoms with Crippen molar-refractivity contribution < 1.29 is 14.5 Å². The smallest absolute Gasteiger partial charge is 0.407 e. The molecule has 0 fully saturated rings. The minimum Gasteiger partial charge on any atom is -0.444 e. The summed E-state index contributed by atoms with van der Waals surface area (Å²) in [5, 5.41) is 17.9. The second-order valence-electron chi connectivity index (χ2n) is 11.5. The van der Waals surface area contributed by atoms with Gasteiger partial charge < -0.3 is 25.3 Å². The van der Waals surface area contributed by atoms with Gasteiger partial charge in [0.25, 0.3) is 0 Å². The first-order valence-electron chi connectivity index (χ1n) is 14.2. The summed E-state index contributed by atoms with van der Waals surface area (Å²) in [6.45, 7) is 9.49. The third-order valence-electron chi connectivity index (χ3n) is 7.26. The van der Waals surface area contributed by atoms with Gasteiger partial charge in [-0.15, -0.1) is 0 Å². The molecule has 1 aliphatic heterocycles. The van der Waals surface area contributed by atoms with E-state index in [1.54, 1.807) is 6.33 Å². The number of nitrogens with one attached hydrogen (secondary N) is 3. The fourth-order valence-corrected chi connectivity index (χ4v) is 5.10. The maximum atomic E-state index is 12.1. The maximum absolute atomic E-state index is 12.1. The van der Waals surface area contributed by atoms with E-state index < -0.39 is 16.6 Å². The third-order valence-corrected chi connectivity index (χ3v) is 7.26. The highest BCUT2D eigenvalue weighted by atomic mass is 16.6. The summed E-state index contributed by atoms with van der Waals surface area (Å²) in [4.78, 5) is 41.8. The molecule has 0 spiro atoms. The first-order valence-corrected chi connectivity index (χ1v) is 14.2. The van der Waals surface area contributed by atoms with Gasteiger partial charge in [-0.05, 0) is 61.6 Å². The van der Waals surface area contributed by atoms with E-state index in [-0.39, 0.29) is 5.69 Å². The molecule has 0 saturated heterocycles. The first-order chi connectivity index (χ1) is 20.6. The van der Waals surface area contributed by atoms with E-state index in [4.69, 9.17) is 4.74 Å². The number of hydrogen-bond donors (Lipinski definition) is 3. The van der Waals surface area contributed by atoms with Crippen molar-refractivity contribution >= 4 is 23.5 Å². The number of anilines is 2. The molecule has 1 aliphatic rings. The molecule has 224 valence electrons. The summed E-state index contributed by atoms with van der Waals surface area (Å²) >= 11 is 0. The molecular weight excluding hydrogens is 548 g/mol. The van der Waals surface area contributed by atoms with E-state index in [9.17, 15) is 14.9 Å². The van der Waals surface area contributed by atoms with Crippen LogP contribution in [0.1, 0.15) is 48.8 Å². The fraction of sp³-hybridized carbons (Fsp3) is 0.355. The average molecular weight is 585 g/mol. The number of ether oxygens (including phenoxy) is 1. The lowest BCUT2D eigenvalue weighted by Gasteiger charge is -2.21. The molecular formula is C31H36N8O4. The van der Waals surface area contributed by atoms with Crippen molar-refractivity contribution in [1.82, 2.24) is 25.3 Å². The van der Waals surface area contributed by atoms with Gasteiger partial charge in [0.05, 0.1) is 16.9 Å². The van der Waals surface area contributed by atoms with E-state index in [0.29, 0.717) is 50.8 Å². The molecule has 2 aromatic carbocycles. The topological polar surface area (TPSA) is 151 Å². The van der Waals surface area contributed by atoms with Crippen LogP contribution < -0.4 is 15.5 Å². The van der Waals surface area contributed by atoms with E-state index >= 15 is 0 Å². The Hall–Kier alpha value is -5.00. The summed E-state index contributed by atoms with van der Waals surface area (Å²) < 4.78 is 5.34. The largest absolute Gasteiger partial charge is 0.444 e. The van der Waals surface area contributed by atoms with Crippen molar-refractivity contribution in [2.45, 2.75) is 59.2 Å². The normalized spacial score (nSPS) is 13.2. The van der Waals surface area contributed by atoms with Crippen molar-refractivity contribution in [3.05, 3.63) is 93.2 Å². The van der Waals surface area contributed by atoms with Gasteiger partial charge in [0.15, 0.2) is 0 Å². The van der Waals surface area contributed by atoms with Gasteiger partial charge in [0.2, 0.25) is 11.8 Å². The molecule has 3 heterocycles. The summed E-state index contributed by atoms with van der Waals surface area (Å²) in [5.41, 5.74) is 6.51. The third kappa shape index (κ3) is 7.26. The lowest BCUT2D eigenvalue weighted by atomic mass is 9.95. The predicted molar refractivity (Wildman–Crippen MR) is 164 cm³/mol. The second kappa shape index (κ2) is 12.5. The summed E-state index contributed by atoms with van der Waals surface area (Å²) in [5.74, 6) is 0.622. The van der Waals surface area contributed by atoms with Crippen molar-refractivity contribution in [3.63, 3.8) is 0 Å². The molecule has 1 amide bonds. The van der Waals surface area contributed by atoms with E-state index in [0.717, 1.165) is 39.2 Å². The average Bonchev–Trinajstić information content (AvgIpc) is 3.32. The van der Waals surface area contributed by atoms with Gasteiger partial charge in [-0.25, -0.2) is 14.8 Å². The highest BCUT2D eigenvalue weighted by molar-refractivity contribution is 5.70. The lowest BCUT2D eigenvalue weighted by Crippen LogP contribution is -2.32. The SMILES string of the molecule is Cc1c(CNc2ncc([N+](=O)[O-])c(N3CCc4nc[nH]c4CC3)n2)cccc1-c1cccc(CNC(=O)OC(C)(C)C)c1. The van der Waals surface area contributed by atoms with Crippen LogP contribution in [0.5, 0.6) is 0 Å². The molecule has 0 saturated carbocycles. The highest BCUT2D eigenvalue weighted by Crippen LogP contribution is 2.30. The molecule has 0 bridgehead atoms. The van der Waals surface area contributed by atoms with Crippen LogP contribution >= 0.6 is 0 Å². The number of H-pyrrole nitrogens is 1. The van der Waals surface area contributed by atoms with Gasteiger partial charge >= 0.3 is 11.8 Å². The number of amides is 1. The Bertz CT molecular complexity index is 1610. The van der Waals surface area contributed by atoms with Crippen molar-refractivity contribution in [2.24, 2.45) is 0 Å². The Balaban J connectivity index is 1.29. The molecule has 12 nitrogen and oxygen atoms in total. The van der Waals surface area contributed by atoms with Crippen molar-refractivity contribution in [3.8, 4) is 11.1 Å². The van der Waals surface area contributed by atoms with Crippen LogP contribution in [0.3, 0.4) is 0 Å². The van der Waals surface area contributed by atoms with Crippen LogP contribution in [0.15, 0.2) is 55.0 Å². The summed E-state index contributed by atoms with van der Waals surface area (Å²) in [6.07, 6.45) is 3.87. The van der Waals surface area contributed by atoms with E-state index in [2.05, 4.69) is 49.6 Å². The van der Waals surface area contributed by atoms with Gasteiger partial charge in [0, 0.05) is 44.7 Å². The van der Waals surface area contributed by atoms with Crippen LogP contribution in [-0.2, 0) is 30.7 Å². The quantitative estimate of drug-likeness (QED) is 0.184. The van der Waals surface area contributed by atoms with Gasteiger partial charge in [-0.3, -0.25) is 10.1 Å². The van der Waals surface area contributed by atoms with Crippen LogP contribution in [0.2, 0.25) is 0 Å².